The molecule has 2 nitrogen and oxygen atoms in total. The fourth-order valence-electron chi connectivity index (χ4n) is 2.69. The van der Waals surface area contributed by atoms with Gasteiger partial charge < -0.3 is 4.90 Å². The number of benzene rings is 1. The van der Waals surface area contributed by atoms with Crippen LogP contribution in [0.4, 0.5) is 5.69 Å². The molecule has 0 aliphatic carbocycles. The second-order valence-corrected chi connectivity index (χ2v) is 4.83. The largest absolute Gasteiger partial charge is 0.371 e. The fraction of sp³-hybridized carbons (Fsp3) is 0.533. The highest BCUT2D eigenvalue weighted by molar-refractivity contribution is 5.59. The molecule has 2 rings (SSSR count). The van der Waals surface area contributed by atoms with Crippen LogP contribution in [0, 0.1) is 24.2 Å². The lowest BCUT2D eigenvalue weighted by Gasteiger charge is -2.33. The Bertz CT molecular complexity index is 423. The van der Waals surface area contributed by atoms with Crippen LogP contribution >= 0.6 is 0 Å². The van der Waals surface area contributed by atoms with Gasteiger partial charge in [-0.3, -0.25) is 0 Å². The summed E-state index contributed by atoms with van der Waals surface area (Å²) in [6.45, 7) is 6.44. The summed E-state index contributed by atoms with van der Waals surface area (Å²) in [6.07, 6.45) is 3.09. The van der Waals surface area contributed by atoms with Crippen molar-refractivity contribution in [3.63, 3.8) is 0 Å². The highest BCUT2D eigenvalue weighted by Crippen LogP contribution is 2.29. The van der Waals surface area contributed by atoms with E-state index in [0.717, 1.165) is 32.4 Å². The Morgan fingerprint density at radius 2 is 2.06 bits per heavy atom. The molecule has 1 aliphatic rings. The molecule has 0 bridgehead atoms. The van der Waals surface area contributed by atoms with Gasteiger partial charge in [0.15, 0.2) is 0 Å². The Morgan fingerprint density at radius 3 is 2.65 bits per heavy atom. The minimum atomic E-state index is 0.264. The van der Waals surface area contributed by atoms with Crippen LogP contribution in [0.5, 0.6) is 0 Å². The molecule has 0 radical (unpaired) electrons. The molecule has 17 heavy (non-hydrogen) atoms. The van der Waals surface area contributed by atoms with Crippen molar-refractivity contribution in [3.8, 4) is 6.07 Å². The second kappa shape index (κ2) is 5.23. The standard InChI is InChI=1S/C15H20N2/c1-3-14-6-4-5-12(2)15(14)17-9-7-13(11-16)8-10-17/h4-6,13H,3,7-10H2,1-2H3. The zero-order valence-electron chi connectivity index (χ0n) is 10.7. The van der Waals surface area contributed by atoms with Crippen LogP contribution in [-0.4, -0.2) is 13.1 Å². The van der Waals surface area contributed by atoms with Crippen LogP contribution in [0.25, 0.3) is 0 Å². The van der Waals surface area contributed by atoms with Gasteiger partial charge in [0.25, 0.3) is 0 Å². The minimum Gasteiger partial charge on any atom is -0.371 e. The molecule has 0 N–H and O–H groups in total. The van der Waals surface area contributed by atoms with Crippen LogP contribution in [0.15, 0.2) is 18.2 Å². The number of piperidine rings is 1. The van der Waals surface area contributed by atoms with Crippen LogP contribution < -0.4 is 4.90 Å². The van der Waals surface area contributed by atoms with Crippen molar-refractivity contribution in [2.24, 2.45) is 5.92 Å². The Hall–Kier alpha value is -1.49. The van der Waals surface area contributed by atoms with Crippen molar-refractivity contribution in [2.45, 2.75) is 33.1 Å². The Kier molecular flexibility index (Phi) is 3.68. The average molecular weight is 228 g/mol. The van der Waals surface area contributed by atoms with Crippen molar-refractivity contribution in [1.29, 1.82) is 5.26 Å². The summed E-state index contributed by atoms with van der Waals surface area (Å²) < 4.78 is 0. The first-order chi connectivity index (χ1) is 8.26. The third-order valence-corrected chi connectivity index (χ3v) is 3.70. The van der Waals surface area contributed by atoms with Gasteiger partial charge in [0.1, 0.15) is 0 Å². The number of rotatable bonds is 2. The summed E-state index contributed by atoms with van der Waals surface area (Å²) in [6, 6.07) is 8.94. The molecule has 1 saturated heterocycles. The molecule has 1 aliphatic heterocycles. The fourth-order valence-corrected chi connectivity index (χ4v) is 2.69. The third-order valence-electron chi connectivity index (χ3n) is 3.70. The van der Waals surface area contributed by atoms with E-state index in [1.807, 2.05) is 0 Å². The normalized spacial score (nSPS) is 16.9. The van der Waals surface area contributed by atoms with Gasteiger partial charge in [0, 0.05) is 24.7 Å². The van der Waals surface area contributed by atoms with Crippen LogP contribution in [0.2, 0.25) is 0 Å². The van der Waals surface area contributed by atoms with Gasteiger partial charge in [0.05, 0.1) is 6.07 Å². The summed E-state index contributed by atoms with van der Waals surface area (Å²) >= 11 is 0. The molecule has 0 unspecified atom stereocenters. The van der Waals surface area contributed by atoms with Gasteiger partial charge in [-0.1, -0.05) is 25.1 Å². The average Bonchev–Trinajstić information content (AvgIpc) is 2.38. The number of hydrogen-bond acceptors (Lipinski definition) is 2. The monoisotopic (exact) mass is 228 g/mol. The number of hydrogen-bond donors (Lipinski definition) is 0. The zero-order chi connectivity index (χ0) is 12.3. The first-order valence-electron chi connectivity index (χ1n) is 6.49. The van der Waals surface area contributed by atoms with Crippen molar-refractivity contribution >= 4 is 5.69 Å². The van der Waals surface area contributed by atoms with E-state index in [2.05, 4.69) is 43.0 Å². The van der Waals surface area contributed by atoms with E-state index in [1.54, 1.807) is 0 Å². The number of anilines is 1. The maximum absolute atomic E-state index is 8.93. The number of aryl methyl sites for hydroxylation is 2. The quantitative estimate of drug-likeness (QED) is 0.776. The number of nitriles is 1. The molecule has 0 amide bonds. The van der Waals surface area contributed by atoms with Crippen molar-refractivity contribution in [3.05, 3.63) is 29.3 Å². The highest BCUT2D eigenvalue weighted by atomic mass is 15.1. The molecular formula is C15H20N2. The lowest BCUT2D eigenvalue weighted by Crippen LogP contribution is -2.34. The molecule has 1 aromatic carbocycles. The summed E-state index contributed by atoms with van der Waals surface area (Å²) in [7, 11) is 0. The van der Waals surface area contributed by atoms with Gasteiger partial charge in [-0.2, -0.15) is 5.26 Å². The van der Waals surface area contributed by atoms with Crippen LogP contribution in [0.1, 0.15) is 30.9 Å². The summed E-state index contributed by atoms with van der Waals surface area (Å²) in [5.41, 5.74) is 4.20. The molecule has 1 aromatic rings. The van der Waals surface area contributed by atoms with Gasteiger partial charge in [-0.15, -0.1) is 0 Å². The lowest BCUT2D eigenvalue weighted by molar-refractivity contribution is 0.486. The van der Waals surface area contributed by atoms with E-state index < -0.39 is 0 Å². The second-order valence-electron chi connectivity index (χ2n) is 4.83. The van der Waals surface area contributed by atoms with Gasteiger partial charge in [-0.05, 0) is 37.3 Å². The molecular weight excluding hydrogens is 208 g/mol. The zero-order valence-corrected chi connectivity index (χ0v) is 10.7. The van der Waals surface area contributed by atoms with E-state index in [-0.39, 0.29) is 5.92 Å². The molecule has 1 heterocycles. The third kappa shape index (κ3) is 2.44. The molecule has 0 aromatic heterocycles. The SMILES string of the molecule is CCc1cccc(C)c1N1CCC(C#N)CC1. The van der Waals surface area contributed by atoms with Crippen molar-refractivity contribution in [2.75, 3.05) is 18.0 Å². The van der Waals surface area contributed by atoms with Crippen molar-refractivity contribution in [1.82, 2.24) is 0 Å². The predicted molar refractivity (Wildman–Crippen MR) is 71.1 cm³/mol. The van der Waals surface area contributed by atoms with E-state index in [4.69, 9.17) is 5.26 Å². The first-order valence-corrected chi connectivity index (χ1v) is 6.49. The number of nitrogens with zero attached hydrogens (tertiary/aromatic N) is 2. The van der Waals surface area contributed by atoms with Crippen molar-refractivity contribution < 1.29 is 0 Å². The summed E-state index contributed by atoms with van der Waals surface area (Å²) in [5, 5.41) is 8.93. The molecule has 1 fully saturated rings. The highest BCUT2D eigenvalue weighted by Gasteiger charge is 2.21. The Balaban J connectivity index is 2.21. The van der Waals surface area contributed by atoms with E-state index in [1.165, 1.54) is 16.8 Å². The number of para-hydroxylation sites is 1. The lowest BCUT2D eigenvalue weighted by atomic mass is 9.96. The summed E-state index contributed by atoms with van der Waals surface area (Å²) in [5.74, 6) is 0.264. The molecule has 0 atom stereocenters. The minimum absolute atomic E-state index is 0.264. The van der Waals surface area contributed by atoms with E-state index in [9.17, 15) is 0 Å². The topological polar surface area (TPSA) is 27.0 Å². The van der Waals surface area contributed by atoms with E-state index >= 15 is 0 Å². The van der Waals surface area contributed by atoms with Gasteiger partial charge in [0.2, 0.25) is 0 Å². The first kappa shape index (κ1) is 12.0. The van der Waals surface area contributed by atoms with Crippen LogP contribution in [-0.2, 0) is 6.42 Å². The van der Waals surface area contributed by atoms with Gasteiger partial charge in [-0.25, -0.2) is 0 Å². The maximum Gasteiger partial charge on any atom is 0.0657 e. The van der Waals surface area contributed by atoms with Crippen LogP contribution in [0.3, 0.4) is 0 Å². The predicted octanol–water partition coefficient (Wildman–Crippen LogP) is 3.30. The Morgan fingerprint density at radius 1 is 1.35 bits per heavy atom. The van der Waals surface area contributed by atoms with Gasteiger partial charge >= 0.3 is 0 Å². The smallest absolute Gasteiger partial charge is 0.0657 e. The molecule has 0 saturated carbocycles. The van der Waals surface area contributed by atoms with E-state index in [0.29, 0.717) is 0 Å². The molecule has 90 valence electrons. The summed E-state index contributed by atoms with van der Waals surface area (Å²) in [4.78, 5) is 2.46. The molecule has 0 spiro atoms. The Labute approximate surface area is 104 Å². The maximum atomic E-state index is 8.93. The molecule has 2 heteroatoms.